The van der Waals surface area contributed by atoms with E-state index in [0.29, 0.717) is 0 Å². The number of hydrogen-bond acceptors (Lipinski definition) is 6. The predicted molar refractivity (Wildman–Crippen MR) is 86.5 cm³/mol. The first-order valence-corrected chi connectivity index (χ1v) is 8.05. The molecular formula is C17H15N3O5. The van der Waals surface area contributed by atoms with Crippen LogP contribution in [0.15, 0.2) is 35.5 Å². The molecule has 3 aliphatic carbocycles. The highest BCUT2D eigenvalue weighted by atomic mass is 16.6. The molecule has 25 heavy (non-hydrogen) atoms. The highest BCUT2D eigenvalue weighted by molar-refractivity contribution is 6.06. The van der Waals surface area contributed by atoms with Gasteiger partial charge in [0.1, 0.15) is 5.75 Å². The molecule has 128 valence electrons. The molecule has 2 amide bonds. The first-order valence-electron chi connectivity index (χ1n) is 8.05. The lowest BCUT2D eigenvalue weighted by Gasteiger charge is -2.37. The van der Waals surface area contributed by atoms with Crippen molar-refractivity contribution in [3.63, 3.8) is 0 Å². The van der Waals surface area contributed by atoms with Gasteiger partial charge >= 0.3 is 0 Å². The number of phenols is 1. The summed E-state index contributed by atoms with van der Waals surface area (Å²) < 4.78 is 0. The summed E-state index contributed by atoms with van der Waals surface area (Å²) in [4.78, 5) is 35.5. The van der Waals surface area contributed by atoms with Gasteiger partial charge in [0.25, 0.3) is 17.5 Å². The van der Waals surface area contributed by atoms with Crippen LogP contribution in [0.2, 0.25) is 0 Å². The van der Waals surface area contributed by atoms with E-state index in [2.05, 4.69) is 5.10 Å². The fourth-order valence-corrected chi connectivity index (χ4v) is 4.05. The second kappa shape index (κ2) is 5.51. The molecule has 0 unspecified atom stereocenters. The van der Waals surface area contributed by atoms with Crippen LogP contribution in [0.1, 0.15) is 18.4 Å². The molecular weight excluding hydrogens is 326 g/mol. The van der Waals surface area contributed by atoms with Crippen LogP contribution in [-0.2, 0) is 9.59 Å². The molecule has 1 aromatic carbocycles. The van der Waals surface area contributed by atoms with Crippen LogP contribution in [0.3, 0.4) is 0 Å². The molecule has 4 aliphatic rings. The van der Waals surface area contributed by atoms with E-state index in [4.69, 9.17) is 0 Å². The number of phenolic OH excluding ortho intramolecular Hbond substituents is 1. The smallest absolute Gasteiger partial charge is 0.270 e. The number of amides is 2. The molecule has 5 rings (SSSR count). The number of fused-ring (bicyclic) bond motifs is 1. The monoisotopic (exact) mass is 341 g/mol. The second-order valence-corrected chi connectivity index (χ2v) is 6.57. The largest absolute Gasteiger partial charge is 0.507 e. The number of rotatable bonds is 3. The number of non-ortho nitro benzene ring substituents is 1. The van der Waals surface area contributed by atoms with Gasteiger partial charge in [0.05, 0.1) is 23.0 Å². The number of imide groups is 1. The normalized spacial score (nSPS) is 30.3. The van der Waals surface area contributed by atoms with Gasteiger partial charge < -0.3 is 5.11 Å². The maximum Gasteiger partial charge on any atom is 0.270 e. The Bertz CT molecular complexity index is 815. The Morgan fingerprint density at radius 2 is 1.76 bits per heavy atom. The minimum absolute atomic E-state index is 0.0675. The minimum atomic E-state index is -0.596. The van der Waals surface area contributed by atoms with Crippen molar-refractivity contribution in [3.8, 4) is 5.75 Å². The van der Waals surface area contributed by atoms with Crippen LogP contribution in [0, 0.1) is 33.8 Å². The molecule has 0 aromatic heterocycles. The van der Waals surface area contributed by atoms with Gasteiger partial charge in [-0.05, 0) is 30.7 Å². The summed E-state index contributed by atoms with van der Waals surface area (Å²) in [7, 11) is 0. The van der Waals surface area contributed by atoms with Crippen molar-refractivity contribution in [2.45, 2.75) is 12.8 Å². The Morgan fingerprint density at radius 1 is 1.16 bits per heavy atom. The van der Waals surface area contributed by atoms with Crippen LogP contribution in [0.4, 0.5) is 5.69 Å². The standard InChI is InChI=1S/C17H15N3O5/c21-13-6-5-12(20(24)25)7-11(13)8-18-19-16(22)14-9-1-2-10(4-3-9)15(14)17(19)23/h1-2,5-10,14-15,21H,3-4H2/b18-8-/t9-,10+,14-,15+. The molecule has 1 heterocycles. The number of allylic oxidation sites excluding steroid dienone is 2. The molecule has 1 N–H and O–H groups in total. The van der Waals surface area contributed by atoms with Crippen molar-refractivity contribution < 1.29 is 19.6 Å². The summed E-state index contributed by atoms with van der Waals surface area (Å²) in [5.41, 5.74) is -0.139. The van der Waals surface area contributed by atoms with Gasteiger partial charge in [-0.3, -0.25) is 19.7 Å². The topological polar surface area (TPSA) is 113 Å². The average molecular weight is 341 g/mol. The zero-order chi connectivity index (χ0) is 17.7. The average Bonchev–Trinajstić information content (AvgIpc) is 2.88. The summed E-state index contributed by atoms with van der Waals surface area (Å²) >= 11 is 0. The van der Waals surface area contributed by atoms with Gasteiger partial charge in [-0.1, -0.05) is 12.2 Å². The van der Waals surface area contributed by atoms with Gasteiger partial charge in [0.15, 0.2) is 0 Å². The summed E-state index contributed by atoms with van der Waals surface area (Å²) in [6.45, 7) is 0. The minimum Gasteiger partial charge on any atom is -0.507 e. The van der Waals surface area contributed by atoms with Crippen molar-refractivity contribution in [2.75, 3.05) is 0 Å². The molecule has 0 spiro atoms. The van der Waals surface area contributed by atoms with E-state index in [1.165, 1.54) is 6.07 Å². The molecule has 2 bridgehead atoms. The third kappa shape index (κ3) is 2.33. The second-order valence-electron chi connectivity index (χ2n) is 6.57. The van der Waals surface area contributed by atoms with Crippen molar-refractivity contribution in [3.05, 3.63) is 46.0 Å². The highest BCUT2D eigenvalue weighted by Gasteiger charge is 2.56. The van der Waals surface area contributed by atoms with Gasteiger partial charge in [0, 0.05) is 17.7 Å². The third-order valence-electron chi connectivity index (χ3n) is 5.27. The lowest BCUT2D eigenvalue weighted by molar-refractivity contribution is -0.384. The van der Waals surface area contributed by atoms with E-state index >= 15 is 0 Å². The molecule has 1 saturated heterocycles. The summed E-state index contributed by atoms with van der Waals surface area (Å²) in [5.74, 6) is -1.49. The van der Waals surface area contributed by atoms with Gasteiger partial charge in [0.2, 0.25) is 0 Å². The Balaban J connectivity index is 1.63. The number of hydrazone groups is 1. The van der Waals surface area contributed by atoms with Crippen molar-refractivity contribution in [1.82, 2.24) is 5.01 Å². The number of carbonyl (C=O) groups is 2. The van der Waals surface area contributed by atoms with E-state index < -0.39 is 4.92 Å². The summed E-state index contributed by atoms with van der Waals surface area (Å²) in [6.07, 6.45) is 6.93. The number of aromatic hydroxyl groups is 1. The van der Waals surface area contributed by atoms with Gasteiger partial charge in [-0.15, -0.1) is 0 Å². The Labute approximate surface area is 142 Å². The maximum absolute atomic E-state index is 12.6. The van der Waals surface area contributed by atoms with Crippen molar-refractivity contribution in [2.24, 2.45) is 28.8 Å². The SMILES string of the molecule is O=C1[C@@H]2[C@H](C(=O)N1/N=C\c1cc([N+](=O)[O-])ccc1O)[C@@H]1C=C[C@H]2CC1. The Kier molecular flexibility index (Phi) is 3.41. The lowest BCUT2D eigenvalue weighted by Crippen LogP contribution is -2.38. The number of nitrogens with zero attached hydrogens (tertiary/aromatic N) is 3. The number of carbonyl (C=O) groups excluding carboxylic acids is 2. The molecule has 1 saturated carbocycles. The first kappa shape index (κ1) is 15.5. The van der Waals surface area contributed by atoms with E-state index in [1.54, 1.807) is 0 Å². The number of nitro groups is 1. The molecule has 2 fully saturated rings. The van der Waals surface area contributed by atoms with E-state index in [9.17, 15) is 24.8 Å². The number of hydrogen-bond donors (Lipinski definition) is 1. The summed E-state index contributed by atoms with van der Waals surface area (Å²) in [6, 6.07) is 3.48. The quantitative estimate of drug-likeness (QED) is 0.296. The van der Waals surface area contributed by atoms with Crippen LogP contribution in [0.5, 0.6) is 5.75 Å². The predicted octanol–water partition coefficient (Wildman–Crippen LogP) is 1.83. The maximum atomic E-state index is 12.6. The van der Waals surface area contributed by atoms with Crippen molar-refractivity contribution >= 4 is 23.7 Å². The zero-order valence-corrected chi connectivity index (χ0v) is 13.1. The summed E-state index contributed by atoms with van der Waals surface area (Å²) in [5, 5.41) is 25.4. The number of nitro benzene ring substituents is 1. The van der Waals surface area contributed by atoms with E-state index in [0.717, 1.165) is 36.2 Å². The molecule has 1 aromatic rings. The van der Waals surface area contributed by atoms with Gasteiger partial charge in [-0.25, -0.2) is 0 Å². The molecule has 1 aliphatic heterocycles. The van der Waals surface area contributed by atoms with Gasteiger partial charge in [-0.2, -0.15) is 10.1 Å². The highest BCUT2D eigenvalue weighted by Crippen LogP contribution is 2.49. The molecule has 8 heteroatoms. The van der Waals surface area contributed by atoms with Crippen LogP contribution in [0.25, 0.3) is 0 Å². The number of benzene rings is 1. The zero-order valence-electron chi connectivity index (χ0n) is 13.1. The third-order valence-corrected chi connectivity index (χ3v) is 5.27. The van der Waals surface area contributed by atoms with Crippen LogP contribution >= 0.6 is 0 Å². The molecule has 4 atom stereocenters. The first-order chi connectivity index (χ1) is 12.0. The van der Waals surface area contributed by atoms with E-state index in [-0.39, 0.29) is 52.5 Å². The fourth-order valence-electron chi connectivity index (χ4n) is 4.05. The molecule has 0 radical (unpaired) electrons. The fraction of sp³-hybridized carbons (Fsp3) is 0.353. The van der Waals surface area contributed by atoms with E-state index in [1.807, 2.05) is 12.2 Å². The Morgan fingerprint density at radius 3 is 2.28 bits per heavy atom. The van der Waals surface area contributed by atoms with Crippen LogP contribution < -0.4 is 0 Å². The Hall–Kier alpha value is -3.03. The van der Waals surface area contributed by atoms with Crippen molar-refractivity contribution in [1.29, 1.82) is 0 Å². The van der Waals surface area contributed by atoms with Crippen LogP contribution in [-0.4, -0.2) is 33.1 Å². The lowest BCUT2D eigenvalue weighted by atomic mass is 9.63. The molecule has 8 nitrogen and oxygen atoms in total.